The van der Waals surface area contributed by atoms with Gasteiger partial charge in [-0.15, -0.1) is 0 Å². The molecule has 0 saturated carbocycles. The standard InChI is InChI=1S/C27H28F3N3O3S/c1-37(35,36)33(24-14-8-13-23(19-24)27(28,29)30)20-25(34)31-15-17-32(18-16-31)26(21-9-4-2-5-10-21)22-11-6-3-7-12-22/h2-14,19,26H,15-18,20H2,1H3. The molecule has 1 aliphatic heterocycles. The minimum Gasteiger partial charge on any atom is -0.339 e. The average Bonchev–Trinajstić information content (AvgIpc) is 2.88. The highest BCUT2D eigenvalue weighted by molar-refractivity contribution is 7.92. The molecule has 3 aromatic carbocycles. The van der Waals surface area contributed by atoms with Gasteiger partial charge in [-0.05, 0) is 29.3 Å². The fraction of sp³-hybridized carbons (Fsp3) is 0.296. The summed E-state index contributed by atoms with van der Waals surface area (Å²) in [7, 11) is -4.00. The smallest absolute Gasteiger partial charge is 0.339 e. The molecule has 1 amide bonds. The Kier molecular flexibility index (Phi) is 7.89. The highest BCUT2D eigenvalue weighted by Crippen LogP contribution is 2.33. The predicted octanol–water partition coefficient (Wildman–Crippen LogP) is 4.41. The largest absolute Gasteiger partial charge is 0.416 e. The van der Waals surface area contributed by atoms with Gasteiger partial charge >= 0.3 is 6.18 Å². The van der Waals surface area contributed by atoms with Crippen LogP contribution in [0.3, 0.4) is 0 Å². The van der Waals surface area contributed by atoms with Gasteiger partial charge in [0.15, 0.2) is 0 Å². The average molecular weight is 532 g/mol. The van der Waals surface area contributed by atoms with Crippen LogP contribution in [0.4, 0.5) is 18.9 Å². The predicted molar refractivity (Wildman–Crippen MR) is 137 cm³/mol. The van der Waals surface area contributed by atoms with E-state index in [2.05, 4.69) is 29.2 Å². The van der Waals surface area contributed by atoms with Crippen molar-refractivity contribution in [2.45, 2.75) is 12.2 Å². The number of anilines is 1. The fourth-order valence-corrected chi connectivity index (χ4v) is 5.42. The first-order valence-electron chi connectivity index (χ1n) is 11.8. The van der Waals surface area contributed by atoms with Gasteiger partial charge < -0.3 is 4.90 Å². The number of hydrogen-bond donors (Lipinski definition) is 0. The number of sulfonamides is 1. The van der Waals surface area contributed by atoms with Gasteiger partial charge in [0.05, 0.1) is 23.5 Å². The van der Waals surface area contributed by atoms with Crippen LogP contribution < -0.4 is 4.31 Å². The Balaban J connectivity index is 1.49. The summed E-state index contributed by atoms with van der Waals surface area (Å²) in [6, 6.07) is 24.1. The molecule has 0 aliphatic carbocycles. The Hall–Kier alpha value is -3.37. The molecule has 1 saturated heterocycles. The monoisotopic (exact) mass is 531 g/mol. The van der Waals surface area contributed by atoms with Gasteiger partial charge in [-0.3, -0.25) is 14.0 Å². The lowest BCUT2D eigenvalue weighted by Gasteiger charge is -2.40. The zero-order valence-electron chi connectivity index (χ0n) is 20.3. The zero-order chi connectivity index (χ0) is 26.6. The molecule has 0 spiro atoms. The molecular formula is C27H28F3N3O3S. The number of halogens is 3. The Morgan fingerprint density at radius 3 is 1.89 bits per heavy atom. The second kappa shape index (κ2) is 10.9. The second-order valence-corrected chi connectivity index (χ2v) is 10.9. The maximum Gasteiger partial charge on any atom is 0.416 e. The van der Waals surface area contributed by atoms with Crippen LogP contribution in [0.25, 0.3) is 0 Å². The van der Waals surface area contributed by atoms with Crippen LogP contribution in [0, 0.1) is 0 Å². The van der Waals surface area contributed by atoms with Gasteiger partial charge in [0.25, 0.3) is 0 Å². The molecule has 1 heterocycles. The summed E-state index contributed by atoms with van der Waals surface area (Å²) in [6.45, 7) is 1.29. The molecule has 1 aliphatic rings. The van der Waals surface area contributed by atoms with Crippen molar-refractivity contribution in [2.24, 2.45) is 0 Å². The van der Waals surface area contributed by atoms with Crippen LogP contribution in [0.2, 0.25) is 0 Å². The van der Waals surface area contributed by atoms with Gasteiger partial charge in [0, 0.05) is 26.2 Å². The third kappa shape index (κ3) is 6.50. The Morgan fingerprint density at radius 2 is 1.41 bits per heavy atom. The molecule has 0 atom stereocenters. The van der Waals surface area contributed by atoms with Crippen molar-refractivity contribution in [3.63, 3.8) is 0 Å². The Bertz CT molecular complexity index is 1270. The first kappa shape index (κ1) is 26.7. The van der Waals surface area contributed by atoms with Crippen LogP contribution in [-0.2, 0) is 21.0 Å². The number of amides is 1. The minimum absolute atomic E-state index is 0.00252. The number of hydrogen-bond acceptors (Lipinski definition) is 4. The topological polar surface area (TPSA) is 60.9 Å². The number of carbonyl (C=O) groups is 1. The highest BCUT2D eigenvalue weighted by atomic mass is 32.2. The maximum atomic E-state index is 13.2. The molecule has 1 fully saturated rings. The first-order chi connectivity index (χ1) is 17.5. The van der Waals surface area contributed by atoms with Crippen molar-refractivity contribution in [2.75, 3.05) is 43.3 Å². The maximum absolute atomic E-state index is 13.2. The van der Waals surface area contributed by atoms with Crippen molar-refractivity contribution in [3.8, 4) is 0 Å². The van der Waals surface area contributed by atoms with Gasteiger partial charge in [-0.2, -0.15) is 13.2 Å². The molecule has 3 aromatic rings. The summed E-state index contributed by atoms with van der Waals surface area (Å²) in [6.07, 6.45) is -3.75. The number of nitrogens with zero attached hydrogens (tertiary/aromatic N) is 3. The van der Waals surface area contributed by atoms with Crippen LogP contribution in [-0.4, -0.2) is 63.1 Å². The lowest BCUT2D eigenvalue weighted by Crippen LogP contribution is -2.52. The van der Waals surface area contributed by atoms with E-state index in [0.29, 0.717) is 26.2 Å². The molecule has 0 N–H and O–H groups in total. The molecule has 0 unspecified atom stereocenters. The summed E-state index contributed by atoms with van der Waals surface area (Å²) < 4.78 is 65.1. The SMILES string of the molecule is CS(=O)(=O)N(CC(=O)N1CCN(C(c2ccccc2)c2ccccc2)CC1)c1cccc(C(F)(F)F)c1. The number of piperazine rings is 1. The number of carbonyl (C=O) groups excluding carboxylic acids is 1. The second-order valence-electron chi connectivity index (χ2n) is 8.96. The third-order valence-electron chi connectivity index (χ3n) is 6.40. The van der Waals surface area contributed by atoms with E-state index in [1.165, 1.54) is 6.07 Å². The van der Waals surface area contributed by atoms with Crippen LogP contribution in [0.5, 0.6) is 0 Å². The van der Waals surface area contributed by atoms with E-state index >= 15 is 0 Å². The number of benzene rings is 3. The van der Waals surface area contributed by atoms with Gasteiger partial charge in [0.1, 0.15) is 6.54 Å². The minimum atomic E-state index is -4.63. The van der Waals surface area contributed by atoms with Gasteiger partial charge in [-0.1, -0.05) is 66.7 Å². The number of alkyl halides is 3. The highest BCUT2D eigenvalue weighted by Gasteiger charge is 2.33. The molecule has 196 valence electrons. The van der Waals surface area contributed by atoms with E-state index in [1.54, 1.807) is 4.90 Å². The van der Waals surface area contributed by atoms with Gasteiger partial charge in [-0.25, -0.2) is 8.42 Å². The van der Waals surface area contributed by atoms with Crippen molar-refractivity contribution < 1.29 is 26.4 Å². The summed E-state index contributed by atoms with van der Waals surface area (Å²) >= 11 is 0. The van der Waals surface area contributed by atoms with E-state index in [4.69, 9.17) is 0 Å². The van der Waals surface area contributed by atoms with Crippen molar-refractivity contribution >= 4 is 21.6 Å². The molecule has 6 nitrogen and oxygen atoms in total. The lowest BCUT2D eigenvalue weighted by atomic mass is 9.96. The molecular weight excluding hydrogens is 503 g/mol. The molecule has 0 radical (unpaired) electrons. The molecule has 4 rings (SSSR count). The molecule has 0 bridgehead atoms. The Morgan fingerprint density at radius 1 is 0.865 bits per heavy atom. The summed E-state index contributed by atoms with van der Waals surface area (Å²) in [5.74, 6) is -0.460. The summed E-state index contributed by atoms with van der Waals surface area (Å²) in [5, 5.41) is 0. The van der Waals surface area contributed by atoms with E-state index < -0.39 is 34.2 Å². The van der Waals surface area contributed by atoms with E-state index in [0.717, 1.165) is 39.9 Å². The van der Waals surface area contributed by atoms with E-state index in [-0.39, 0.29) is 11.7 Å². The van der Waals surface area contributed by atoms with E-state index in [9.17, 15) is 26.4 Å². The summed E-state index contributed by atoms with van der Waals surface area (Å²) in [4.78, 5) is 16.9. The lowest BCUT2D eigenvalue weighted by molar-refractivity contribution is -0.137. The third-order valence-corrected chi connectivity index (χ3v) is 7.54. The summed E-state index contributed by atoms with van der Waals surface area (Å²) in [5.41, 5.74) is 1.08. The van der Waals surface area contributed by atoms with E-state index in [1.807, 2.05) is 36.4 Å². The van der Waals surface area contributed by atoms with Gasteiger partial charge in [0.2, 0.25) is 15.9 Å². The van der Waals surface area contributed by atoms with Crippen molar-refractivity contribution in [1.82, 2.24) is 9.80 Å². The first-order valence-corrected chi connectivity index (χ1v) is 13.7. The Labute approximate surface area is 215 Å². The van der Waals surface area contributed by atoms with Crippen molar-refractivity contribution in [3.05, 3.63) is 102 Å². The number of rotatable bonds is 7. The fourth-order valence-electron chi connectivity index (χ4n) is 4.57. The molecule has 37 heavy (non-hydrogen) atoms. The van der Waals surface area contributed by atoms with Crippen molar-refractivity contribution in [1.29, 1.82) is 0 Å². The van der Waals surface area contributed by atoms with Crippen LogP contribution in [0.15, 0.2) is 84.9 Å². The normalized spacial score (nSPS) is 15.1. The quantitative estimate of drug-likeness (QED) is 0.454. The molecule has 10 heteroatoms. The molecule has 0 aromatic heterocycles. The van der Waals surface area contributed by atoms with Crippen LogP contribution >= 0.6 is 0 Å². The zero-order valence-corrected chi connectivity index (χ0v) is 21.1. The van der Waals surface area contributed by atoms with Crippen LogP contribution in [0.1, 0.15) is 22.7 Å².